The first-order chi connectivity index (χ1) is 6.63. The van der Waals surface area contributed by atoms with Gasteiger partial charge in [-0.1, -0.05) is 0 Å². The largest absolute Gasteiger partial charge is 0.473 e. The first kappa shape index (κ1) is 11.0. The number of rotatable bonds is 4. The second kappa shape index (κ2) is 4.95. The molecule has 1 aliphatic rings. The maximum Gasteiger partial charge on any atom is 0.302 e. The smallest absolute Gasteiger partial charge is 0.302 e. The zero-order valence-corrected chi connectivity index (χ0v) is 8.65. The summed E-state index contributed by atoms with van der Waals surface area (Å²) in [6.45, 7) is 3.85. The van der Waals surface area contributed by atoms with Crippen molar-refractivity contribution in [2.75, 3.05) is 20.3 Å². The van der Waals surface area contributed by atoms with Gasteiger partial charge in [0.2, 0.25) is 0 Å². The fourth-order valence-corrected chi connectivity index (χ4v) is 1.30. The first-order valence-electron chi connectivity index (χ1n) is 4.47. The van der Waals surface area contributed by atoms with Crippen LogP contribution >= 0.6 is 0 Å². The molecule has 0 saturated heterocycles. The Morgan fingerprint density at radius 1 is 1.57 bits per heavy atom. The van der Waals surface area contributed by atoms with E-state index in [-0.39, 0.29) is 24.7 Å². The van der Waals surface area contributed by atoms with Crippen LogP contribution in [0.25, 0.3) is 0 Å². The highest BCUT2D eigenvalue weighted by atomic mass is 16.6. The van der Waals surface area contributed by atoms with Crippen molar-refractivity contribution in [1.29, 1.82) is 0 Å². The molecule has 5 heteroatoms. The van der Waals surface area contributed by atoms with Crippen molar-refractivity contribution >= 4 is 11.9 Å². The first-order valence-corrected chi connectivity index (χ1v) is 4.47. The molecule has 80 valence electrons. The number of methoxy groups -OCH3 is 1. The van der Waals surface area contributed by atoms with Crippen LogP contribution in [0.3, 0.4) is 0 Å². The molecule has 0 spiro atoms. The average Bonchev–Trinajstić information content (AvgIpc) is 2.44. The molecule has 1 rings (SSSR count). The van der Waals surface area contributed by atoms with E-state index < -0.39 is 0 Å². The Labute approximate surface area is 83.1 Å². The fraction of sp³-hybridized carbons (Fsp3) is 0.778. The summed E-state index contributed by atoms with van der Waals surface area (Å²) in [6, 6.07) is -0.140. The molecule has 2 atom stereocenters. The van der Waals surface area contributed by atoms with Gasteiger partial charge in [-0.3, -0.25) is 4.79 Å². The maximum atomic E-state index is 10.6. The number of nitrogens with zero attached hydrogens (tertiary/aromatic N) is 1. The third-order valence-electron chi connectivity index (χ3n) is 1.89. The molecule has 0 fully saturated rings. The molecule has 0 aliphatic carbocycles. The minimum Gasteiger partial charge on any atom is -0.473 e. The van der Waals surface area contributed by atoms with Gasteiger partial charge >= 0.3 is 5.97 Å². The third-order valence-corrected chi connectivity index (χ3v) is 1.89. The average molecular weight is 201 g/mol. The normalized spacial score (nSPS) is 25.5. The lowest BCUT2D eigenvalue weighted by Gasteiger charge is -2.15. The Balaban J connectivity index is 2.42. The highest BCUT2D eigenvalue weighted by Gasteiger charge is 2.29. The summed E-state index contributed by atoms with van der Waals surface area (Å²) in [5.41, 5.74) is 0. The number of hydrogen-bond donors (Lipinski definition) is 0. The molecule has 0 bridgehead atoms. The van der Waals surface area contributed by atoms with E-state index in [2.05, 4.69) is 4.99 Å². The molecule has 0 unspecified atom stereocenters. The summed E-state index contributed by atoms with van der Waals surface area (Å²) < 4.78 is 15.2. The summed E-state index contributed by atoms with van der Waals surface area (Å²) in [5.74, 6) is 0.310. The number of carbonyl (C=O) groups is 1. The van der Waals surface area contributed by atoms with Crippen LogP contribution in [-0.2, 0) is 19.0 Å². The third kappa shape index (κ3) is 2.99. The van der Waals surface area contributed by atoms with Gasteiger partial charge in [0.05, 0.1) is 6.61 Å². The van der Waals surface area contributed by atoms with E-state index in [1.165, 1.54) is 6.92 Å². The quantitative estimate of drug-likeness (QED) is 0.617. The predicted molar refractivity (Wildman–Crippen MR) is 50.3 cm³/mol. The van der Waals surface area contributed by atoms with Gasteiger partial charge in [0.25, 0.3) is 0 Å². The van der Waals surface area contributed by atoms with Crippen LogP contribution in [0.15, 0.2) is 4.99 Å². The van der Waals surface area contributed by atoms with E-state index in [1.807, 2.05) is 0 Å². The van der Waals surface area contributed by atoms with Crippen molar-refractivity contribution in [3.05, 3.63) is 0 Å². The van der Waals surface area contributed by atoms with Crippen LogP contribution in [0.2, 0.25) is 0 Å². The van der Waals surface area contributed by atoms with Gasteiger partial charge in [-0.2, -0.15) is 0 Å². The molecule has 5 nitrogen and oxygen atoms in total. The Kier molecular flexibility index (Phi) is 3.88. The Morgan fingerprint density at radius 3 is 2.86 bits per heavy atom. The maximum absolute atomic E-state index is 10.6. The van der Waals surface area contributed by atoms with Crippen LogP contribution in [0, 0.1) is 0 Å². The van der Waals surface area contributed by atoms with Gasteiger partial charge < -0.3 is 14.2 Å². The zero-order valence-electron chi connectivity index (χ0n) is 8.65. The van der Waals surface area contributed by atoms with Crippen molar-refractivity contribution in [2.45, 2.75) is 26.0 Å². The van der Waals surface area contributed by atoms with Crippen LogP contribution < -0.4 is 0 Å². The summed E-state index contributed by atoms with van der Waals surface area (Å²) in [6.07, 6.45) is -0.139. The summed E-state index contributed by atoms with van der Waals surface area (Å²) in [5, 5.41) is 0. The molecule has 14 heavy (non-hydrogen) atoms. The molecule has 0 N–H and O–H groups in total. The van der Waals surface area contributed by atoms with Crippen LogP contribution in [0.4, 0.5) is 0 Å². The predicted octanol–water partition coefficient (Wildman–Crippen LogP) is 0.382. The van der Waals surface area contributed by atoms with Gasteiger partial charge in [0, 0.05) is 21.0 Å². The number of ether oxygens (including phenoxy) is 3. The van der Waals surface area contributed by atoms with E-state index >= 15 is 0 Å². The lowest BCUT2D eigenvalue weighted by Crippen LogP contribution is -2.31. The van der Waals surface area contributed by atoms with E-state index in [1.54, 1.807) is 14.0 Å². The molecular weight excluding hydrogens is 186 g/mol. The number of hydrogen-bond acceptors (Lipinski definition) is 5. The summed E-state index contributed by atoms with van der Waals surface area (Å²) in [4.78, 5) is 14.8. The van der Waals surface area contributed by atoms with Crippen molar-refractivity contribution < 1.29 is 19.0 Å². The Bertz CT molecular complexity index is 239. The van der Waals surface area contributed by atoms with Gasteiger partial charge in [0.1, 0.15) is 18.8 Å². The molecular formula is C9H15NO4. The molecule has 1 heterocycles. The SMILES string of the molecule is COC[C@@H]1OC(C)=N[C@@H]1COC(C)=O. The van der Waals surface area contributed by atoms with Crippen molar-refractivity contribution in [1.82, 2.24) is 0 Å². The molecule has 0 aromatic rings. The molecule has 0 amide bonds. The molecule has 0 saturated carbocycles. The second-order valence-corrected chi connectivity index (χ2v) is 3.13. The van der Waals surface area contributed by atoms with Gasteiger partial charge in [-0.15, -0.1) is 0 Å². The molecule has 0 aromatic heterocycles. The van der Waals surface area contributed by atoms with Gasteiger partial charge in [0.15, 0.2) is 5.90 Å². The van der Waals surface area contributed by atoms with E-state index in [4.69, 9.17) is 14.2 Å². The van der Waals surface area contributed by atoms with E-state index in [0.717, 1.165) is 0 Å². The minimum atomic E-state index is -0.305. The number of carbonyl (C=O) groups excluding carboxylic acids is 1. The number of esters is 1. The summed E-state index contributed by atoms with van der Waals surface area (Å²) in [7, 11) is 1.60. The molecule has 1 aliphatic heterocycles. The standard InChI is InChI=1S/C9H15NO4/c1-6-10-8(4-13-7(2)11)9(14-6)5-12-3/h8-9H,4-5H2,1-3H3/t8-,9+/m1/s1. The highest BCUT2D eigenvalue weighted by Crippen LogP contribution is 2.14. The molecule has 0 radical (unpaired) electrons. The lowest BCUT2D eigenvalue weighted by atomic mass is 10.2. The Morgan fingerprint density at radius 2 is 2.29 bits per heavy atom. The second-order valence-electron chi connectivity index (χ2n) is 3.13. The van der Waals surface area contributed by atoms with Gasteiger partial charge in [-0.25, -0.2) is 4.99 Å². The summed E-state index contributed by atoms with van der Waals surface area (Å²) >= 11 is 0. The zero-order chi connectivity index (χ0) is 10.6. The van der Waals surface area contributed by atoms with Crippen molar-refractivity contribution in [3.8, 4) is 0 Å². The highest BCUT2D eigenvalue weighted by molar-refractivity contribution is 5.75. The number of aliphatic imine (C=N–C) groups is 1. The fourth-order valence-electron chi connectivity index (χ4n) is 1.30. The van der Waals surface area contributed by atoms with Crippen LogP contribution in [0.1, 0.15) is 13.8 Å². The van der Waals surface area contributed by atoms with E-state index in [0.29, 0.717) is 12.5 Å². The van der Waals surface area contributed by atoms with E-state index in [9.17, 15) is 4.79 Å². The van der Waals surface area contributed by atoms with Gasteiger partial charge in [-0.05, 0) is 0 Å². The Hall–Kier alpha value is -1.10. The lowest BCUT2D eigenvalue weighted by molar-refractivity contribution is -0.142. The monoisotopic (exact) mass is 201 g/mol. The topological polar surface area (TPSA) is 57.1 Å². The van der Waals surface area contributed by atoms with Crippen LogP contribution in [-0.4, -0.2) is 44.3 Å². The minimum absolute atomic E-state index is 0.139. The van der Waals surface area contributed by atoms with Crippen molar-refractivity contribution in [3.63, 3.8) is 0 Å². The van der Waals surface area contributed by atoms with Crippen molar-refractivity contribution in [2.24, 2.45) is 4.99 Å². The van der Waals surface area contributed by atoms with Crippen LogP contribution in [0.5, 0.6) is 0 Å². The molecule has 0 aromatic carbocycles.